The van der Waals surface area contributed by atoms with Crippen molar-refractivity contribution in [3.63, 3.8) is 0 Å². The Bertz CT molecular complexity index is 773. The molecule has 23 heavy (non-hydrogen) atoms. The number of phenols is 1. The fourth-order valence-electron chi connectivity index (χ4n) is 2.95. The summed E-state index contributed by atoms with van der Waals surface area (Å²) in [5.74, 6) is -0.702. The first-order valence-electron chi connectivity index (χ1n) is 7.39. The average Bonchev–Trinajstić information content (AvgIpc) is 2.54. The van der Waals surface area contributed by atoms with Crippen LogP contribution in [0, 0.1) is 10.1 Å². The summed E-state index contributed by atoms with van der Waals surface area (Å²) in [5, 5.41) is 23.4. The summed E-state index contributed by atoms with van der Waals surface area (Å²) in [6.45, 7) is 0. The molecule has 0 fully saturated rings. The number of benzene rings is 2. The van der Waals surface area contributed by atoms with Crippen LogP contribution in [0.2, 0.25) is 0 Å². The number of hydrogen-bond acceptors (Lipinski definition) is 4. The molecular weight excluding hydrogens is 296 g/mol. The van der Waals surface area contributed by atoms with Crippen LogP contribution in [-0.2, 0) is 12.8 Å². The topological polar surface area (TPSA) is 92.5 Å². The Morgan fingerprint density at radius 2 is 1.96 bits per heavy atom. The molecule has 0 aliphatic heterocycles. The first-order chi connectivity index (χ1) is 11.0. The number of nitro groups is 1. The van der Waals surface area contributed by atoms with Crippen molar-refractivity contribution in [2.75, 3.05) is 0 Å². The first kappa shape index (κ1) is 15.0. The summed E-state index contributed by atoms with van der Waals surface area (Å²) in [5.41, 5.74) is 2.04. The molecule has 1 aliphatic rings. The number of carbonyl (C=O) groups is 1. The molecule has 0 radical (unpaired) electrons. The van der Waals surface area contributed by atoms with Gasteiger partial charge in [0.2, 0.25) is 0 Å². The number of carbonyl (C=O) groups excluding carboxylic acids is 1. The minimum absolute atomic E-state index is 0.0700. The van der Waals surface area contributed by atoms with Gasteiger partial charge in [0.05, 0.1) is 4.92 Å². The Balaban J connectivity index is 1.78. The van der Waals surface area contributed by atoms with Crippen LogP contribution < -0.4 is 5.32 Å². The molecule has 0 heterocycles. The van der Waals surface area contributed by atoms with E-state index in [2.05, 4.69) is 11.4 Å². The van der Waals surface area contributed by atoms with Crippen LogP contribution in [0.5, 0.6) is 5.75 Å². The predicted molar refractivity (Wildman–Crippen MR) is 84.5 cm³/mol. The molecule has 6 heteroatoms. The van der Waals surface area contributed by atoms with Crippen molar-refractivity contribution < 1.29 is 14.8 Å². The fourth-order valence-corrected chi connectivity index (χ4v) is 2.95. The second-order valence-electron chi connectivity index (χ2n) is 5.64. The lowest BCUT2D eigenvalue weighted by molar-refractivity contribution is -0.385. The van der Waals surface area contributed by atoms with Gasteiger partial charge in [0.15, 0.2) is 0 Å². The molecule has 0 spiro atoms. The lowest BCUT2D eigenvalue weighted by Crippen LogP contribution is -2.39. The van der Waals surface area contributed by atoms with Crippen molar-refractivity contribution in [1.29, 1.82) is 0 Å². The lowest BCUT2D eigenvalue weighted by atomic mass is 9.88. The number of hydrogen-bond donors (Lipinski definition) is 2. The standard InChI is InChI=1S/C17H16N2O4/c20-14-7-8-16(19(22)23)15(10-14)17(21)18-13-6-5-11-3-1-2-4-12(11)9-13/h1-4,7-8,10,13,20H,5-6,9H2,(H,18,21)/t13-/m1/s1. The number of amides is 1. The Labute approximate surface area is 132 Å². The van der Waals surface area contributed by atoms with Gasteiger partial charge in [-0.05, 0) is 42.5 Å². The van der Waals surface area contributed by atoms with E-state index in [1.165, 1.54) is 17.2 Å². The third kappa shape index (κ3) is 3.15. The Kier molecular flexibility index (Phi) is 3.97. The number of aromatic hydroxyl groups is 1. The SMILES string of the molecule is O=C(N[C@@H]1CCc2ccccc2C1)c1cc(O)ccc1[N+](=O)[O-]. The van der Waals surface area contributed by atoms with Gasteiger partial charge in [-0.15, -0.1) is 0 Å². The van der Waals surface area contributed by atoms with E-state index in [-0.39, 0.29) is 23.0 Å². The third-order valence-electron chi connectivity index (χ3n) is 4.10. The van der Waals surface area contributed by atoms with Gasteiger partial charge in [0.25, 0.3) is 11.6 Å². The molecule has 1 amide bonds. The van der Waals surface area contributed by atoms with E-state index in [0.29, 0.717) is 6.42 Å². The van der Waals surface area contributed by atoms with Crippen LogP contribution in [0.15, 0.2) is 42.5 Å². The largest absolute Gasteiger partial charge is 0.508 e. The second kappa shape index (κ2) is 6.08. The van der Waals surface area contributed by atoms with Crippen molar-refractivity contribution in [1.82, 2.24) is 5.32 Å². The summed E-state index contributed by atoms with van der Waals surface area (Å²) in [6, 6.07) is 11.5. The van der Waals surface area contributed by atoms with Crippen molar-refractivity contribution in [3.8, 4) is 5.75 Å². The van der Waals surface area contributed by atoms with E-state index in [1.54, 1.807) is 0 Å². The number of nitrogens with zero attached hydrogens (tertiary/aromatic N) is 1. The maximum atomic E-state index is 12.4. The van der Waals surface area contributed by atoms with Crippen molar-refractivity contribution >= 4 is 11.6 Å². The van der Waals surface area contributed by atoms with E-state index in [9.17, 15) is 20.0 Å². The molecular formula is C17H16N2O4. The smallest absolute Gasteiger partial charge is 0.282 e. The van der Waals surface area contributed by atoms with Crippen molar-refractivity contribution in [3.05, 3.63) is 69.3 Å². The van der Waals surface area contributed by atoms with E-state index in [4.69, 9.17) is 0 Å². The first-order valence-corrected chi connectivity index (χ1v) is 7.39. The zero-order valence-electron chi connectivity index (χ0n) is 12.4. The Hall–Kier alpha value is -2.89. The van der Waals surface area contributed by atoms with Crippen LogP contribution in [0.3, 0.4) is 0 Å². The van der Waals surface area contributed by atoms with Crippen LogP contribution in [-0.4, -0.2) is 22.0 Å². The van der Waals surface area contributed by atoms with Crippen LogP contribution in [0.4, 0.5) is 5.69 Å². The zero-order chi connectivity index (χ0) is 16.4. The molecule has 118 valence electrons. The lowest BCUT2D eigenvalue weighted by Gasteiger charge is -2.25. The molecule has 0 saturated carbocycles. The van der Waals surface area contributed by atoms with Gasteiger partial charge < -0.3 is 10.4 Å². The Morgan fingerprint density at radius 1 is 1.22 bits per heavy atom. The van der Waals surface area contributed by atoms with Gasteiger partial charge in [0, 0.05) is 12.1 Å². The number of phenolic OH excluding ortho intramolecular Hbond substituents is 1. The highest BCUT2D eigenvalue weighted by Gasteiger charge is 2.25. The minimum atomic E-state index is -0.621. The second-order valence-corrected chi connectivity index (χ2v) is 5.64. The highest BCUT2D eigenvalue weighted by atomic mass is 16.6. The van der Waals surface area contributed by atoms with E-state index in [1.807, 2.05) is 18.2 Å². The summed E-state index contributed by atoms with van der Waals surface area (Å²) >= 11 is 0. The quantitative estimate of drug-likeness (QED) is 0.673. The molecule has 3 rings (SSSR count). The van der Waals surface area contributed by atoms with Gasteiger partial charge in [-0.25, -0.2) is 0 Å². The van der Waals surface area contributed by atoms with Crippen LogP contribution in [0.1, 0.15) is 27.9 Å². The Morgan fingerprint density at radius 3 is 2.70 bits per heavy atom. The maximum Gasteiger partial charge on any atom is 0.282 e. The summed E-state index contributed by atoms with van der Waals surface area (Å²) in [6.07, 6.45) is 2.35. The molecule has 2 N–H and O–H groups in total. The normalized spacial score (nSPS) is 16.4. The minimum Gasteiger partial charge on any atom is -0.508 e. The summed E-state index contributed by atoms with van der Waals surface area (Å²) in [4.78, 5) is 22.8. The van der Waals surface area contributed by atoms with Crippen LogP contribution >= 0.6 is 0 Å². The summed E-state index contributed by atoms with van der Waals surface area (Å²) < 4.78 is 0. The fraction of sp³-hybridized carbons (Fsp3) is 0.235. The number of nitro benzene ring substituents is 1. The van der Waals surface area contributed by atoms with Gasteiger partial charge in [-0.1, -0.05) is 24.3 Å². The number of rotatable bonds is 3. The molecule has 1 atom stereocenters. The zero-order valence-corrected chi connectivity index (χ0v) is 12.4. The molecule has 0 saturated heterocycles. The predicted octanol–water partition coefficient (Wildman–Crippen LogP) is 2.59. The molecule has 1 aliphatic carbocycles. The highest BCUT2D eigenvalue weighted by Crippen LogP contribution is 2.25. The molecule has 0 aromatic heterocycles. The highest BCUT2D eigenvalue weighted by molar-refractivity contribution is 5.98. The maximum absolute atomic E-state index is 12.4. The molecule has 2 aromatic rings. The third-order valence-corrected chi connectivity index (χ3v) is 4.10. The van der Waals surface area contributed by atoms with Crippen LogP contribution in [0.25, 0.3) is 0 Å². The van der Waals surface area contributed by atoms with E-state index in [0.717, 1.165) is 25.0 Å². The van der Waals surface area contributed by atoms with Crippen molar-refractivity contribution in [2.45, 2.75) is 25.3 Å². The number of fused-ring (bicyclic) bond motifs is 1. The average molecular weight is 312 g/mol. The summed E-state index contributed by atoms with van der Waals surface area (Å²) in [7, 11) is 0. The number of nitrogens with one attached hydrogen (secondary N) is 1. The van der Waals surface area contributed by atoms with Gasteiger partial charge in [0.1, 0.15) is 11.3 Å². The number of aryl methyl sites for hydroxylation is 1. The monoisotopic (exact) mass is 312 g/mol. The van der Waals surface area contributed by atoms with Gasteiger partial charge in [-0.3, -0.25) is 14.9 Å². The molecule has 6 nitrogen and oxygen atoms in total. The van der Waals surface area contributed by atoms with E-state index >= 15 is 0 Å². The molecule has 2 aromatic carbocycles. The van der Waals surface area contributed by atoms with Crippen molar-refractivity contribution in [2.24, 2.45) is 0 Å². The van der Waals surface area contributed by atoms with E-state index < -0.39 is 10.8 Å². The molecule has 0 unspecified atom stereocenters. The van der Waals surface area contributed by atoms with Gasteiger partial charge in [-0.2, -0.15) is 0 Å². The van der Waals surface area contributed by atoms with Gasteiger partial charge >= 0.3 is 0 Å². The molecule has 0 bridgehead atoms.